The van der Waals surface area contributed by atoms with E-state index in [0.717, 1.165) is 0 Å². The Bertz CT molecular complexity index is 370. The van der Waals surface area contributed by atoms with Crippen molar-refractivity contribution >= 4 is 11.4 Å². The number of nitrogens with one attached hydrogen (secondary N) is 1. The van der Waals surface area contributed by atoms with Crippen LogP contribution in [0.4, 0.5) is 0 Å². The van der Waals surface area contributed by atoms with Crippen LogP contribution in [-0.4, -0.2) is 27.9 Å². The van der Waals surface area contributed by atoms with Crippen LogP contribution in [-0.2, 0) is 19.7 Å². The van der Waals surface area contributed by atoms with Gasteiger partial charge in [0, 0.05) is 5.92 Å². The first-order valence-corrected chi connectivity index (χ1v) is 6.07. The van der Waals surface area contributed by atoms with Gasteiger partial charge in [-0.2, -0.15) is 4.21 Å². The van der Waals surface area contributed by atoms with Crippen molar-refractivity contribution in [3.8, 4) is 0 Å². The first-order valence-electron chi connectivity index (χ1n) is 5.07. The minimum atomic E-state index is -1.93. The lowest BCUT2D eigenvalue weighted by Gasteiger charge is -2.38. The van der Waals surface area contributed by atoms with Crippen molar-refractivity contribution in [1.82, 2.24) is 5.32 Å². The second-order valence-corrected chi connectivity index (χ2v) is 4.75. The lowest BCUT2D eigenvalue weighted by atomic mass is 9.85. The van der Waals surface area contributed by atoms with Crippen molar-refractivity contribution in [3.63, 3.8) is 0 Å². The number of likely N-dealkylation sites (N-methyl/N-ethyl adjacent to an activating group) is 1. The maximum atomic E-state index is 11.3. The predicted octanol–water partition coefficient (Wildman–Crippen LogP) is 0.368. The SMILES string of the molecule is CN[C@@]1(C)OS(=O)O[C@]1(O)C1C=CC=CC1. The van der Waals surface area contributed by atoms with E-state index < -0.39 is 22.9 Å². The molecule has 2 N–H and O–H groups in total. The van der Waals surface area contributed by atoms with Crippen LogP contribution in [0.1, 0.15) is 13.3 Å². The molecule has 4 atom stereocenters. The third kappa shape index (κ3) is 1.66. The zero-order valence-electron chi connectivity index (χ0n) is 9.17. The van der Waals surface area contributed by atoms with E-state index in [0.29, 0.717) is 6.42 Å². The Labute approximate surface area is 97.0 Å². The predicted molar refractivity (Wildman–Crippen MR) is 59.1 cm³/mol. The third-order valence-corrected chi connectivity index (χ3v) is 3.93. The van der Waals surface area contributed by atoms with Gasteiger partial charge in [0.25, 0.3) is 0 Å². The molecule has 0 amide bonds. The quantitative estimate of drug-likeness (QED) is 0.735. The first-order chi connectivity index (χ1) is 7.52. The van der Waals surface area contributed by atoms with Gasteiger partial charge in [-0.15, -0.1) is 0 Å². The molecule has 0 aromatic rings. The van der Waals surface area contributed by atoms with Gasteiger partial charge in [-0.05, 0) is 20.4 Å². The van der Waals surface area contributed by atoms with E-state index in [4.69, 9.17) is 8.37 Å². The standard InChI is InChI=1S/C10H15NO4S/c1-9(11-2)10(12,15-16(13)14-9)8-6-4-3-5-7-8/h3-6,8,11-12H,7H2,1-2H3/t8?,9-,10+,16?/m0/s1. The Kier molecular flexibility index (Phi) is 3.02. The number of hydrogen-bond acceptors (Lipinski definition) is 5. The van der Waals surface area contributed by atoms with Gasteiger partial charge in [0.05, 0.1) is 0 Å². The highest BCUT2D eigenvalue weighted by Gasteiger charge is 2.61. The van der Waals surface area contributed by atoms with Gasteiger partial charge < -0.3 is 5.11 Å². The van der Waals surface area contributed by atoms with Crippen molar-refractivity contribution in [2.75, 3.05) is 7.05 Å². The van der Waals surface area contributed by atoms with E-state index in [1.54, 1.807) is 14.0 Å². The van der Waals surface area contributed by atoms with E-state index in [1.807, 2.05) is 24.3 Å². The van der Waals surface area contributed by atoms with E-state index in [-0.39, 0.29) is 5.92 Å². The Morgan fingerprint density at radius 2 is 2.25 bits per heavy atom. The van der Waals surface area contributed by atoms with Crippen LogP contribution in [0.3, 0.4) is 0 Å². The second kappa shape index (κ2) is 4.05. The van der Waals surface area contributed by atoms with Crippen molar-refractivity contribution in [2.24, 2.45) is 5.92 Å². The number of rotatable bonds is 2. The molecular weight excluding hydrogens is 230 g/mol. The Balaban J connectivity index is 2.31. The fourth-order valence-electron chi connectivity index (χ4n) is 1.90. The Hall–Kier alpha value is -0.530. The van der Waals surface area contributed by atoms with Gasteiger partial charge in [0.15, 0.2) is 5.72 Å². The molecule has 2 aliphatic rings. The fourth-order valence-corrected chi connectivity index (χ4v) is 2.90. The molecule has 0 aromatic heterocycles. The summed E-state index contributed by atoms with van der Waals surface area (Å²) >= 11 is -1.93. The summed E-state index contributed by atoms with van der Waals surface area (Å²) in [4.78, 5) is 0. The molecule has 1 heterocycles. The summed E-state index contributed by atoms with van der Waals surface area (Å²) in [6, 6.07) is 0. The van der Waals surface area contributed by atoms with Crippen molar-refractivity contribution < 1.29 is 17.7 Å². The molecule has 1 aliphatic heterocycles. The summed E-state index contributed by atoms with van der Waals surface area (Å²) in [6.45, 7) is 1.62. The van der Waals surface area contributed by atoms with Gasteiger partial charge in [0.1, 0.15) is 0 Å². The molecule has 2 unspecified atom stereocenters. The van der Waals surface area contributed by atoms with Crippen molar-refractivity contribution in [3.05, 3.63) is 24.3 Å². The number of allylic oxidation sites excluding steroid dienone is 3. The average molecular weight is 245 g/mol. The molecule has 0 spiro atoms. The average Bonchev–Trinajstić information content (AvgIpc) is 2.52. The van der Waals surface area contributed by atoms with Crippen LogP contribution in [0.2, 0.25) is 0 Å². The minimum Gasteiger partial charge on any atom is -0.361 e. The maximum absolute atomic E-state index is 11.3. The first kappa shape index (κ1) is 11.9. The second-order valence-electron chi connectivity index (χ2n) is 4.01. The maximum Gasteiger partial charge on any atom is 0.309 e. The van der Waals surface area contributed by atoms with Crippen LogP contribution in [0.15, 0.2) is 24.3 Å². The summed E-state index contributed by atoms with van der Waals surface area (Å²) in [7, 11) is 1.62. The summed E-state index contributed by atoms with van der Waals surface area (Å²) in [5.41, 5.74) is -1.18. The summed E-state index contributed by atoms with van der Waals surface area (Å²) in [6.07, 6.45) is 8.08. The van der Waals surface area contributed by atoms with Crippen molar-refractivity contribution in [2.45, 2.75) is 24.9 Å². The molecule has 2 rings (SSSR count). The normalized spacial score (nSPS) is 47.4. The van der Waals surface area contributed by atoms with Gasteiger partial charge >= 0.3 is 11.4 Å². The molecular formula is C10H15NO4S. The smallest absolute Gasteiger partial charge is 0.309 e. The molecule has 5 nitrogen and oxygen atoms in total. The molecule has 0 aromatic carbocycles. The van der Waals surface area contributed by atoms with Crippen LogP contribution in [0, 0.1) is 5.92 Å². The molecule has 1 aliphatic carbocycles. The molecule has 1 fully saturated rings. The molecule has 6 heteroatoms. The van der Waals surface area contributed by atoms with Gasteiger partial charge in [-0.3, -0.25) is 5.32 Å². The highest BCUT2D eigenvalue weighted by molar-refractivity contribution is 7.75. The third-order valence-electron chi connectivity index (χ3n) is 3.07. The topological polar surface area (TPSA) is 67.8 Å². The summed E-state index contributed by atoms with van der Waals surface area (Å²) in [5, 5.41) is 13.3. The van der Waals surface area contributed by atoms with Crippen LogP contribution < -0.4 is 5.32 Å². The van der Waals surface area contributed by atoms with E-state index >= 15 is 0 Å². The van der Waals surface area contributed by atoms with Gasteiger partial charge in [-0.1, -0.05) is 24.3 Å². The molecule has 90 valence electrons. The van der Waals surface area contributed by atoms with Crippen LogP contribution in [0.25, 0.3) is 0 Å². The highest BCUT2D eigenvalue weighted by atomic mass is 32.2. The number of aliphatic hydroxyl groups is 1. The fraction of sp³-hybridized carbons (Fsp3) is 0.600. The molecule has 0 radical (unpaired) electrons. The zero-order chi connectivity index (χ0) is 11.8. The van der Waals surface area contributed by atoms with E-state index in [9.17, 15) is 9.32 Å². The lowest BCUT2D eigenvalue weighted by molar-refractivity contribution is -0.229. The van der Waals surface area contributed by atoms with Crippen LogP contribution in [0.5, 0.6) is 0 Å². The summed E-state index contributed by atoms with van der Waals surface area (Å²) < 4.78 is 21.5. The van der Waals surface area contributed by atoms with E-state index in [1.165, 1.54) is 0 Å². The molecule has 0 saturated carbocycles. The molecule has 16 heavy (non-hydrogen) atoms. The number of hydrogen-bond donors (Lipinski definition) is 2. The largest absolute Gasteiger partial charge is 0.361 e. The van der Waals surface area contributed by atoms with Crippen molar-refractivity contribution in [1.29, 1.82) is 0 Å². The monoisotopic (exact) mass is 245 g/mol. The molecule has 0 bridgehead atoms. The lowest BCUT2D eigenvalue weighted by Crippen LogP contribution is -2.61. The molecule has 1 saturated heterocycles. The highest BCUT2D eigenvalue weighted by Crippen LogP contribution is 2.42. The Morgan fingerprint density at radius 1 is 1.50 bits per heavy atom. The minimum absolute atomic E-state index is 0.290. The Morgan fingerprint density at radius 3 is 2.81 bits per heavy atom. The van der Waals surface area contributed by atoms with Crippen LogP contribution >= 0.6 is 0 Å². The van der Waals surface area contributed by atoms with E-state index in [2.05, 4.69) is 5.32 Å². The van der Waals surface area contributed by atoms with Gasteiger partial charge in [0.2, 0.25) is 5.79 Å². The zero-order valence-corrected chi connectivity index (χ0v) is 9.99. The summed E-state index contributed by atoms with van der Waals surface area (Å²) in [5.74, 6) is -1.92. The van der Waals surface area contributed by atoms with Gasteiger partial charge in [-0.25, -0.2) is 8.37 Å².